The van der Waals surface area contributed by atoms with E-state index < -0.39 is 0 Å². The lowest BCUT2D eigenvalue weighted by molar-refractivity contribution is -0.127. The van der Waals surface area contributed by atoms with Crippen LogP contribution in [0.15, 0.2) is 48.5 Å². The molecule has 0 saturated carbocycles. The summed E-state index contributed by atoms with van der Waals surface area (Å²) in [5.74, 6) is -0.657. The molecule has 24 heavy (non-hydrogen) atoms. The fourth-order valence-corrected chi connectivity index (χ4v) is 2.88. The van der Waals surface area contributed by atoms with Crippen LogP contribution in [-0.4, -0.2) is 29.9 Å². The van der Waals surface area contributed by atoms with Crippen molar-refractivity contribution in [1.82, 2.24) is 4.90 Å². The Kier molecular flexibility index (Phi) is 4.81. The second-order valence-corrected chi connectivity index (χ2v) is 6.06. The number of halogens is 2. The lowest BCUT2D eigenvalue weighted by atomic mass is 10.2. The SMILES string of the molecule is O=C1CCCN1CN(C(=O)c1cccc(Cl)c1)c1ccc(F)cc1. The number of hydrogen-bond acceptors (Lipinski definition) is 2. The zero-order valence-electron chi connectivity index (χ0n) is 12.9. The molecule has 0 aromatic heterocycles. The molecule has 2 amide bonds. The van der Waals surface area contributed by atoms with Gasteiger partial charge in [0.05, 0.1) is 0 Å². The lowest BCUT2D eigenvalue weighted by Gasteiger charge is -2.28. The molecule has 0 aliphatic carbocycles. The van der Waals surface area contributed by atoms with Crippen LogP contribution in [0.3, 0.4) is 0 Å². The Morgan fingerprint density at radius 2 is 1.96 bits per heavy atom. The van der Waals surface area contributed by atoms with Gasteiger partial charge in [-0.3, -0.25) is 14.5 Å². The average Bonchev–Trinajstić information content (AvgIpc) is 2.98. The fourth-order valence-electron chi connectivity index (χ4n) is 2.69. The van der Waals surface area contributed by atoms with Gasteiger partial charge in [-0.1, -0.05) is 17.7 Å². The van der Waals surface area contributed by atoms with Gasteiger partial charge in [0, 0.05) is 29.2 Å². The molecule has 2 aromatic rings. The number of benzene rings is 2. The predicted octanol–water partition coefficient (Wildman–Crippen LogP) is 3.71. The van der Waals surface area contributed by atoms with Crippen LogP contribution >= 0.6 is 11.6 Å². The van der Waals surface area contributed by atoms with Gasteiger partial charge in [0.25, 0.3) is 5.91 Å². The van der Waals surface area contributed by atoms with Crippen LogP contribution in [0.4, 0.5) is 10.1 Å². The van der Waals surface area contributed by atoms with E-state index in [1.54, 1.807) is 29.2 Å². The number of carbonyl (C=O) groups excluding carboxylic acids is 2. The summed E-state index contributed by atoms with van der Waals surface area (Å²) >= 11 is 5.97. The highest BCUT2D eigenvalue weighted by Crippen LogP contribution is 2.22. The Hall–Kier alpha value is -2.40. The van der Waals surface area contributed by atoms with E-state index in [0.717, 1.165) is 6.42 Å². The van der Waals surface area contributed by atoms with Crippen LogP contribution in [-0.2, 0) is 4.79 Å². The van der Waals surface area contributed by atoms with Crippen molar-refractivity contribution >= 4 is 29.1 Å². The molecule has 1 saturated heterocycles. The van der Waals surface area contributed by atoms with E-state index in [1.165, 1.54) is 29.2 Å². The number of rotatable bonds is 4. The normalized spacial score (nSPS) is 14.1. The topological polar surface area (TPSA) is 40.6 Å². The molecule has 1 fully saturated rings. The third-order valence-corrected chi connectivity index (χ3v) is 4.17. The minimum atomic E-state index is -0.383. The average molecular weight is 347 g/mol. The smallest absolute Gasteiger partial charge is 0.259 e. The Morgan fingerprint density at radius 1 is 1.21 bits per heavy atom. The van der Waals surface area contributed by atoms with Crippen molar-refractivity contribution in [2.24, 2.45) is 0 Å². The number of likely N-dealkylation sites (tertiary alicyclic amines) is 1. The highest BCUT2D eigenvalue weighted by molar-refractivity contribution is 6.31. The largest absolute Gasteiger partial charge is 0.324 e. The van der Waals surface area contributed by atoms with E-state index in [1.807, 2.05) is 0 Å². The maximum Gasteiger partial charge on any atom is 0.259 e. The first kappa shape index (κ1) is 16.5. The molecule has 4 nitrogen and oxygen atoms in total. The molecule has 1 aliphatic heterocycles. The second-order valence-electron chi connectivity index (χ2n) is 5.62. The first-order valence-electron chi connectivity index (χ1n) is 7.65. The van der Waals surface area contributed by atoms with Crippen LogP contribution in [0, 0.1) is 5.82 Å². The number of anilines is 1. The van der Waals surface area contributed by atoms with Gasteiger partial charge in [-0.2, -0.15) is 0 Å². The van der Waals surface area contributed by atoms with Crippen molar-refractivity contribution < 1.29 is 14.0 Å². The molecule has 0 unspecified atom stereocenters. The molecule has 0 N–H and O–H groups in total. The molecule has 0 spiro atoms. The summed E-state index contributed by atoms with van der Waals surface area (Å²) in [6, 6.07) is 12.3. The van der Waals surface area contributed by atoms with Gasteiger partial charge in [0.1, 0.15) is 12.5 Å². The zero-order chi connectivity index (χ0) is 17.1. The predicted molar refractivity (Wildman–Crippen MR) is 90.5 cm³/mol. The van der Waals surface area contributed by atoms with Crippen LogP contribution in [0.2, 0.25) is 5.02 Å². The van der Waals surface area contributed by atoms with Gasteiger partial charge < -0.3 is 4.90 Å². The van der Waals surface area contributed by atoms with Crippen molar-refractivity contribution in [2.75, 3.05) is 18.1 Å². The maximum atomic E-state index is 13.2. The van der Waals surface area contributed by atoms with Gasteiger partial charge in [0.15, 0.2) is 0 Å². The summed E-state index contributed by atoms with van der Waals surface area (Å²) in [7, 11) is 0. The Bertz CT molecular complexity index is 764. The Labute approximate surface area is 144 Å². The minimum Gasteiger partial charge on any atom is -0.324 e. The molecule has 0 atom stereocenters. The van der Waals surface area contributed by atoms with E-state index in [-0.39, 0.29) is 24.3 Å². The van der Waals surface area contributed by atoms with Crippen LogP contribution in [0.1, 0.15) is 23.2 Å². The summed E-state index contributed by atoms with van der Waals surface area (Å²) < 4.78 is 13.2. The van der Waals surface area contributed by atoms with Gasteiger partial charge in [-0.25, -0.2) is 4.39 Å². The van der Waals surface area contributed by atoms with E-state index in [0.29, 0.717) is 29.2 Å². The molecule has 6 heteroatoms. The molecule has 124 valence electrons. The highest BCUT2D eigenvalue weighted by atomic mass is 35.5. The van der Waals surface area contributed by atoms with Gasteiger partial charge in [-0.15, -0.1) is 0 Å². The monoisotopic (exact) mass is 346 g/mol. The number of carbonyl (C=O) groups is 2. The van der Waals surface area contributed by atoms with Gasteiger partial charge in [-0.05, 0) is 48.9 Å². The van der Waals surface area contributed by atoms with Crippen LogP contribution < -0.4 is 4.90 Å². The molecule has 1 heterocycles. The van der Waals surface area contributed by atoms with E-state index >= 15 is 0 Å². The molecular formula is C18H16ClFN2O2. The quantitative estimate of drug-likeness (QED) is 0.846. The summed E-state index contributed by atoms with van der Waals surface area (Å²) in [6.45, 7) is 0.745. The van der Waals surface area contributed by atoms with E-state index in [2.05, 4.69) is 0 Å². The summed E-state index contributed by atoms with van der Waals surface area (Å²) in [6.07, 6.45) is 1.27. The zero-order valence-corrected chi connectivity index (χ0v) is 13.7. The number of amides is 2. The first-order chi connectivity index (χ1) is 11.5. The third-order valence-electron chi connectivity index (χ3n) is 3.94. The molecule has 2 aromatic carbocycles. The molecule has 1 aliphatic rings. The summed E-state index contributed by atoms with van der Waals surface area (Å²) in [5, 5.41) is 0.456. The lowest BCUT2D eigenvalue weighted by Crippen LogP contribution is -2.42. The van der Waals surface area contributed by atoms with Gasteiger partial charge >= 0.3 is 0 Å². The standard InChI is InChI=1S/C18H16ClFN2O2/c19-14-4-1-3-13(11-14)18(24)22(12-21-10-2-5-17(21)23)16-8-6-15(20)7-9-16/h1,3-4,6-9,11H,2,5,10,12H2. The highest BCUT2D eigenvalue weighted by Gasteiger charge is 2.26. The Balaban J connectivity index is 1.92. The van der Waals surface area contributed by atoms with Crippen molar-refractivity contribution in [2.45, 2.75) is 12.8 Å². The van der Waals surface area contributed by atoms with E-state index in [4.69, 9.17) is 11.6 Å². The molecule has 0 radical (unpaired) electrons. The number of hydrogen-bond donors (Lipinski definition) is 0. The maximum absolute atomic E-state index is 13.2. The molecule has 3 rings (SSSR count). The number of nitrogens with zero attached hydrogens (tertiary/aromatic N) is 2. The van der Waals surface area contributed by atoms with Crippen LogP contribution in [0.25, 0.3) is 0 Å². The van der Waals surface area contributed by atoms with Crippen molar-refractivity contribution in [3.05, 3.63) is 64.9 Å². The fraction of sp³-hybridized carbons (Fsp3) is 0.222. The third kappa shape index (κ3) is 3.57. The molecular weight excluding hydrogens is 331 g/mol. The minimum absolute atomic E-state index is 0.0148. The van der Waals surface area contributed by atoms with Crippen molar-refractivity contribution in [3.63, 3.8) is 0 Å². The van der Waals surface area contributed by atoms with E-state index in [9.17, 15) is 14.0 Å². The van der Waals surface area contributed by atoms with Crippen LogP contribution in [0.5, 0.6) is 0 Å². The molecule has 0 bridgehead atoms. The van der Waals surface area contributed by atoms with Crippen molar-refractivity contribution in [1.29, 1.82) is 0 Å². The van der Waals surface area contributed by atoms with Crippen molar-refractivity contribution in [3.8, 4) is 0 Å². The summed E-state index contributed by atoms with van der Waals surface area (Å²) in [4.78, 5) is 27.9. The summed E-state index contributed by atoms with van der Waals surface area (Å²) in [5.41, 5.74) is 0.944. The second kappa shape index (κ2) is 7.01. The Morgan fingerprint density at radius 3 is 2.58 bits per heavy atom. The van der Waals surface area contributed by atoms with Gasteiger partial charge in [0.2, 0.25) is 5.91 Å². The first-order valence-corrected chi connectivity index (χ1v) is 8.03.